The van der Waals surface area contributed by atoms with Crippen molar-refractivity contribution >= 4 is 63.2 Å². The average Bonchev–Trinajstić information content (AvgIpc) is 4.30. The molecule has 8 heterocycles. The zero-order valence-corrected chi connectivity index (χ0v) is 43.1. The number of halogens is 2. The van der Waals surface area contributed by atoms with Crippen molar-refractivity contribution in [3.63, 3.8) is 0 Å². The normalized spacial score (nSPS) is 22.6. The third-order valence-corrected chi connectivity index (χ3v) is 15.3. The molecule has 0 aliphatic carbocycles. The number of anilines is 2. The maximum Gasteiger partial charge on any atom is 0.319 e. The number of carbonyl (C=O) groups excluding carboxylic acids is 5. The number of carbonyl (C=O) groups is 5. The molecule has 2 bridgehead atoms. The third kappa shape index (κ3) is 10.7. The van der Waals surface area contributed by atoms with Crippen molar-refractivity contribution in [3.8, 4) is 35.4 Å². The number of phenols is 1. The molecule has 78 heavy (non-hydrogen) atoms. The highest BCUT2D eigenvalue weighted by atomic mass is 19.1. The summed E-state index contributed by atoms with van der Waals surface area (Å²) in [6.07, 6.45) is 12.9. The zero-order chi connectivity index (χ0) is 54.7. The molecule has 11 rings (SSSR count). The van der Waals surface area contributed by atoms with Gasteiger partial charge in [-0.15, -0.1) is 6.42 Å². The van der Waals surface area contributed by atoms with Gasteiger partial charge in [-0.2, -0.15) is 9.97 Å². The fourth-order valence-corrected chi connectivity index (χ4v) is 11.8. The molecule has 0 radical (unpaired) electrons. The van der Waals surface area contributed by atoms with Crippen molar-refractivity contribution in [1.82, 2.24) is 40.7 Å². The number of nitrogens with zero attached hydrogens (tertiary/aromatic N) is 6. The summed E-state index contributed by atoms with van der Waals surface area (Å²) in [6.45, 7) is 9.77. The Morgan fingerprint density at radius 1 is 0.974 bits per heavy atom. The fraction of sp³-hybridized carbons (Fsp3) is 0.429. The van der Waals surface area contributed by atoms with Crippen molar-refractivity contribution in [2.24, 2.45) is 0 Å². The predicted octanol–water partition coefficient (Wildman–Crippen LogP) is 4.22. The summed E-state index contributed by atoms with van der Waals surface area (Å²) in [5.74, 6) is -0.688. The molecule has 5 saturated heterocycles. The number of phenolic OH excluding ortho intramolecular Hbond substituents is 1. The van der Waals surface area contributed by atoms with Crippen LogP contribution in [0.1, 0.15) is 71.2 Å². The second kappa shape index (κ2) is 23.1. The molecule has 5 unspecified atom stereocenters. The standard InChI is InChI=1S/C36H36F2N6O3.C20H24N4O7/c1-4-26-29(37)8-5-21-11-25(45)12-27(30(21)26)32-31(38)33-28(14-39-32)34(43-16-22-6-7-23(17-43)40-22)42-35(41-33)47-19-36-10-9-24(18-46-3)44(36)15-20(2)13-36;25-12-21-6-8-30-10-11-31-9-7-22-14-3-1-2-13-17(14)20(29)24(19(13)28)15-4-5-16(26)23-18(15)27/h1,5,8,11-12,14,22-24,40,45H,2,6-7,9-10,13,15-19H2,3H3;1-3,12,15,22H,4-11H2,(H,21,25)(H,23,26,27). The Morgan fingerprint density at radius 3 is 2.50 bits per heavy atom. The summed E-state index contributed by atoms with van der Waals surface area (Å²) in [7, 11) is 1.72. The Labute approximate surface area is 448 Å². The zero-order valence-electron chi connectivity index (χ0n) is 43.1. The summed E-state index contributed by atoms with van der Waals surface area (Å²) in [5.41, 5.74) is 1.86. The van der Waals surface area contributed by atoms with E-state index in [0.29, 0.717) is 107 Å². The van der Waals surface area contributed by atoms with E-state index in [9.17, 15) is 33.5 Å². The molecule has 2 aromatic heterocycles. The number of aromatic nitrogens is 3. The second-order valence-electron chi connectivity index (χ2n) is 20.3. The highest BCUT2D eigenvalue weighted by Gasteiger charge is 2.51. The number of benzene rings is 3. The predicted molar refractivity (Wildman–Crippen MR) is 283 cm³/mol. The summed E-state index contributed by atoms with van der Waals surface area (Å²) in [5, 5.41) is 23.2. The number of hydrogen-bond acceptors (Lipinski definition) is 17. The van der Waals surface area contributed by atoms with Crippen LogP contribution in [0.15, 0.2) is 60.8 Å². The summed E-state index contributed by atoms with van der Waals surface area (Å²) in [6, 6.07) is 10.4. The SMILES string of the molecule is C#Cc1c(F)ccc2cc(O)cc(-c3ncc4c(N5CC6CCC(C5)N6)nc(OCC56CCC(COC)N5CC(=C)C6)nc4c3F)c12.O=CNCCOCCOCCNc1cccc2c1C(=O)N(C1CCC(=O)NC1=O)C2=O. The first-order valence-corrected chi connectivity index (χ1v) is 26.1. The number of pyridine rings is 1. The second-order valence-corrected chi connectivity index (χ2v) is 20.3. The van der Waals surface area contributed by atoms with Crippen molar-refractivity contribution in [1.29, 1.82) is 0 Å². The molecule has 5 aromatic rings. The number of ether oxygens (including phenoxy) is 4. The van der Waals surface area contributed by atoms with Gasteiger partial charge in [0.15, 0.2) is 5.82 Å². The Bertz CT molecular complexity index is 3240. The summed E-state index contributed by atoms with van der Waals surface area (Å²) < 4.78 is 54.4. The van der Waals surface area contributed by atoms with E-state index >= 15 is 4.39 Å². The molecule has 0 spiro atoms. The third-order valence-electron chi connectivity index (χ3n) is 15.3. The first-order valence-electron chi connectivity index (χ1n) is 26.1. The van der Waals surface area contributed by atoms with Gasteiger partial charge in [0, 0.05) is 87.2 Å². The molecule has 6 aliphatic heterocycles. The number of methoxy groups -OCH3 is 1. The molecule has 6 aliphatic rings. The molecular formula is C56H60F2N10O10. The maximum atomic E-state index is 16.9. The highest BCUT2D eigenvalue weighted by molar-refractivity contribution is 6.25. The van der Waals surface area contributed by atoms with E-state index < -0.39 is 41.3 Å². The number of amides is 5. The van der Waals surface area contributed by atoms with E-state index in [2.05, 4.69) is 53.5 Å². The number of piperidine rings is 1. The van der Waals surface area contributed by atoms with Crippen LogP contribution in [0.4, 0.5) is 20.3 Å². The van der Waals surface area contributed by atoms with Gasteiger partial charge in [0.25, 0.3) is 11.8 Å². The number of imide groups is 2. The van der Waals surface area contributed by atoms with E-state index in [0.717, 1.165) is 49.1 Å². The van der Waals surface area contributed by atoms with Gasteiger partial charge in [0.2, 0.25) is 18.2 Å². The number of fused-ring (bicyclic) bond motifs is 6. The van der Waals surface area contributed by atoms with Gasteiger partial charge in [0.05, 0.1) is 60.6 Å². The Kier molecular flexibility index (Phi) is 15.9. The van der Waals surface area contributed by atoms with Crippen molar-refractivity contribution in [3.05, 3.63) is 89.1 Å². The largest absolute Gasteiger partial charge is 0.508 e. The summed E-state index contributed by atoms with van der Waals surface area (Å²) >= 11 is 0. The lowest BCUT2D eigenvalue weighted by atomic mass is 9.94. The Balaban J connectivity index is 0.000000193. The smallest absolute Gasteiger partial charge is 0.319 e. The lowest BCUT2D eigenvalue weighted by Crippen LogP contribution is -2.54. The Hall–Kier alpha value is -7.68. The number of rotatable bonds is 19. The molecule has 20 nitrogen and oxygen atoms in total. The van der Waals surface area contributed by atoms with Gasteiger partial charge in [-0.25, -0.2) is 8.78 Å². The van der Waals surface area contributed by atoms with Crippen LogP contribution in [0, 0.1) is 24.0 Å². The van der Waals surface area contributed by atoms with Gasteiger partial charge >= 0.3 is 6.01 Å². The lowest BCUT2D eigenvalue weighted by molar-refractivity contribution is -0.136. The van der Waals surface area contributed by atoms with Crippen LogP contribution in [0.25, 0.3) is 32.9 Å². The van der Waals surface area contributed by atoms with Gasteiger partial charge in [-0.05, 0) is 74.2 Å². The van der Waals surface area contributed by atoms with Crippen LogP contribution in [-0.2, 0) is 28.6 Å². The fourth-order valence-electron chi connectivity index (χ4n) is 11.8. The molecule has 0 saturated carbocycles. The van der Waals surface area contributed by atoms with E-state index in [-0.39, 0.29) is 75.0 Å². The van der Waals surface area contributed by atoms with Crippen molar-refractivity contribution in [2.75, 3.05) is 89.7 Å². The first-order chi connectivity index (χ1) is 37.8. The molecule has 5 fully saturated rings. The molecular weight excluding hydrogens is 1010 g/mol. The minimum atomic E-state index is -0.997. The quantitative estimate of drug-likeness (QED) is 0.0256. The molecule has 22 heteroatoms. The minimum Gasteiger partial charge on any atom is -0.508 e. The van der Waals surface area contributed by atoms with Crippen LogP contribution in [-0.4, -0.2) is 169 Å². The molecule has 5 amide bonds. The number of piperazine rings is 1. The molecule has 5 N–H and O–H groups in total. The van der Waals surface area contributed by atoms with E-state index in [1.54, 1.807) is 31.5 Å². The molecule has 5 atom stereocenters. The van der Waals surface area contributed by atoms with Crippen molar-refractivity contribution in [2.45, 2.75) is 74.7 Å². The van der Waals surface area contributed by atoms with Gasteiger partial charge in [0.1, 0.15) is 41.2 Å². The maximum absolute atomic E-state index is 16.9. The van der Waals surface area contributed by atoms with Crippen LogP contribution in [0.5, 0.6) is 11.8 Å². The van der Waals surface area contributed by atoms with Gasteiger partial charge in [-0.3, -0.25) is 44.1 Å². The summed E-state index contributed by atoms with van der Waals surface area (Å²) in [4.78, 5) is 78.9. The number of aromatic hydroxyl groups is 1. The first kappa shape index (κ1) is 53.7. The van der Waals surface area contributed by atoms with Crippen molar-refractivity contribution < 1.29 is 56.8 Å². The monoisotopic (exact) mass is 1070 g/mol. The van der Waals surface area contributed by atoms with E-state index in [1.807, 2.05) is 0 Å². The average molecular weight is 1070 g/mol. The molecule has 3 aromatic carbocycles. The topological polar surface area (TPSA) is 239 Å². The molecule has 408 valence electrons. The Morgan fingerprint density at radius 2 is 1.76 bits per heavy atom. The van der Waals surface area contributed by atoms with Crippen LogP contribution < -0.4 is 30.9 Å². The highest BCUT2D eigenvalue weighted by Crippen LogP contribution is 2.45. The number of nitrogens with one attached hydrogen (secondary N) is 4. The van der Waals surface area contributed by atoms with Crippen LogP contribution in [0.3, 0.4) is 0 Å². The lowest BCUT2D eigenvalue weighted by Gasteiger charge is -2.35. The number of hydrogen-bond donors (Lipinski definition) is 5. The minimum absolute atomic E-state index is 0.0323. The van der Waals surface area contributed by atoms with E-state index in [4.69, 9.17) is 30.4 Å². The van der Waals surface area contributed by atoms with E-state index in [1.165, 1.54) is 24.3 Å². The van der Waals surface area contributed by atoms with Crippen LogP contribution >= 0.6 is 0 Å². The van der Waals surface area contributed by atoms with Gasteiger partial charge < -0.3 is 44.9 Å². The van der Waals surface area contributed by atoms with Gasteiger partial charge in [-0.1, -0.05) is 30.2 Å². The van der Waals surface area contributed by atoms with Crippen LogP contribution in [0.2, 0.25) is 0 Å². The number of terminal acetylenes is 1.